The molecule has 0 aliphatic rings. The van der Waals surface area contributed by atoms with Crippen LogP contribution in [0.3, 0.4) is 0 Å². The summed E-state index contributed by atoms with van der Waals surface area (Å²) >= 11 is 0. The number of nitrogens with one attached hydrogen (secondary N) is 2. The van der Waals surface area contributed by atoms with Gasteiger partial charge in [-0.25, -0.2) is 4.98 Å². The second kappa shape index (κ2) is 7.03. The molecule has 7 nitrogen and oxygen atoms in total. The van der Waals surface area contributed by atoms with Crippen molar-refractivity contribution in [2.24, 2.45) is 0 Å². The second-order valence-electron chi connectivity index (χ2n) is 6.96. The topological polar surface area (TPSA) is 89.2 Å². The number of rotatable bonds is 5. The Labute approximate surface area is 151 Å². The van der Waals surface area contributed by atoms with Crippen molar-refractivity contribution in [1.82, 2.24) is 14.9 Å². The number of anilines is 1. The molecule has 0 spiro atoms. The highest BCUT2D eigenvalue weighted by atomic mass is 16.3. The van der Waals surface area contributed by atoms with E-state index in [0.29, 0.717) is 5.95 Å². The molecule has 0 fully saturated rings. The molecule has 2 heterocycles. The summed E-state index contributed by atoms with van der Waals surface area (Å²) < 4.78 is 7.01. The summed E-state index contributed by atoms with van der Waals surface area (Å²) in [6, 6.07) is 11.0. The van der Waals surface area contributed by atoms with Crippen LogP contribution in [-0.2, 0) is 10.3 Å². The fraction of sp³-hybridized carbons (Fsp3) is 0.316. The summed E-state index contributed by atoms with van der Waals surface area (Å²) in [6.07, 6.45) is 1.57. The second-order valence-corrected chi connectivity index (χ2v) is 6.96. The number of aromatic nitrogens is 2. The van der Waals surface area contributed by atoms with Crippen LogP contribution in [0, 0.1) is 0 Å². The van der Waals surface area contributed by atoms with Gasteiger partial charge in [-0.15, -0.1) is 0 Å². The minimum Gasteiger partial charge on any atom is -0.459 e. The highest BCUT2D eigenvalue weighted by Gasteiger charge is 2.22. The first-order chi connectivity index (χ1) is 12.4. The monoisotopic (exact) mass is 354 g/mol. The molecule has 136 valence electrons. The minimum atomic E-state index is -0.343. The van der Waals surface area contributed by atoms with Crippen LogP contribution in [0.5, 0.6) is 0 Å². The molecule has 2 N–H and O–H groups in total. The maximum Gasteiger partial charge on any atom is 0.286 e. The number of nitrogens with zero attached hydrogens (tertiary/aromatic N) is 2. The third-order valence-corrected chi connectivity index (χ3v) is 3.87. The van der Waals surface area contributed by atoms with Gasteiger partial charge in [-0.05, 0) is 45.0 Å². The lowest BCUT2D eigenvalue weighted by molar-refractivity contribution is -0.116. The summed E-state index contributed by atoms with van der Waals surface area (Å²) in [5, 5.41) is 5.51. The van der Waals surface area contributed by atoms with Crippen LogP contribution in [0.4, 0.5) is 5.95 Å². The average Bonchev–Trinajstić information content (AvgIpc) is 3.21. The molecule has 0 saturated carbocycles. The Bertz CT molecular complexity index is 920. The third-order valence-electron chi connectivity index (χ3n) is 3.87. The van der Waals surface area contributed by atoms with Crippen molar-refractivity contribution in [3.63, 3.8) is 0 Å². The van der Waals surface area contributed by atoms with Gasteiger partial charge in [-0.2, -0.15) is 0 Å². The number of para-hydroxylation sites is 2. The fourth-order valence-corrected chi connectivity index (χ4v) is 2.76. The zero-order valence-corrected chi connectivity index (χ0v) is 15.1. The lowest BCUT2D eigenvalue weighted by atomic mass is 10.1. The number of fused-ring (bicyclic) bond motifs is 1. The van der Waals surface area contributed by atoms with E-state index in [1.54, 1.807) is 12.1 Å². The SMILES string of the molecule is CC(C)(C)n1c(NC(=O)CCNC(=O)c2ccco2)nc2ccccc21. The lowest BCUT2D eigenvalue weighted by Gasteiger charge is -2.24. The highest BCUT2D eigenvalue weighted by Crippen LogP contribution is 2.27. The number of carbonyl (C=O) groups is 2. The van der Waals surface area contributed by atoms with E-state index in [1.807, 2.05) is 28.8 Å². The number of amides is 2. The first-order valence-corrected chi connectivity index (χ1v) is 8.46. The van der Waals surface area contributed by atoms with Crippen molar-refractivity contribution in [1.29, 1.82) is 0 Å². The van der Waals surface area contributed by atoms with Crippen molar-refractivity contribution >= 4 is 28.8 Å². The van der Waals surface area contributed by atoms with Crippen LogP contribution in [0.1, 0.15) is 37.7 Å². The predicted octanol–water partition coefficient (Wildman–Crippen LogP) is 3.14. The molecule has 0 unspecified atom stereocenters. The van der Waals surface area contributed by atoms with Gasteiger partial charge in [-0.1, -0.05) is 12.1 Å². The number of carbonyl (C=O) groups excluding carboxylic acids is 2. The van der Waals surface area contributed by atoms with Gasteiger partial charge in [0.15, 0.2) is 5.76 Å². The van der Waals surface area contributed by atoms with Crippen LogP contribution in [0.15, 0.2) is 47.1 Å². The standard InChI is InChI=1S/C19H22N4O3/c1-19(2,3)23-14-8-5-4-7-13(14)21-18(23)22-16(24)10-11-20-17(25)15-9-6-12-26-15/h4-9,12H,10-11H2,1-3H3,(H,20,25)(H,21,22,24). The van der Waals surface area contributed by atoms with Gasteiger partial charge < -0.3 is 14.3 Å². The molecule has 26 heavy (non-hydrogen) atoms. The first kappa shape index (κ1) is 17.7. The molecule has 2 aromatic heterocycles. The number of furan rings is 1. The quantitative estimate of drug-likeness (QED) is 0.737. The summed E-state index contributed by atoms with van der Waals surface area (Å²) in [7, 11) is 0. The molecule has 0 aliphatic heterocycles. The van der Waals surface area contributed by atoms with Gasteiger partial charge in [0.1, 0.15) is 0 Å². The molecule has 0 atom stereocenters. The van der Waals surface area contributed by atoms with E-state index in [1.165, 1.54) is 6.26 Å². The van der Waals surface area contributed by atoms with E-state index in [0.717, 1.165) is 11.0 Å². The Kier molecular flexibility index (Phi) is 4.79. The van der Waals surface area contributed by atoms with Crippen molar-refractivity contribution in [2.75, 3.05) is 11.9 Å². The summed E-state index contributed by atoms with van der Waals surface area (Å²) in [5.74, 6) is 0.163. The van der Waals surface area contributed by atoms with Crippen LogP contribution in [0.2, 0.25) is 0 Å². The lowest BCUT2D eigenvalue weighted by Crippen LogP contribution is -2.29. The van der Waals surface area contributed by atoms with Crippen molar-refractivity contribution < 1.29 is 14.0 Å². The molecular formula is C19H22N4O3. The predicted molar refractivity (Wildman–Crippen MR) is 99.0 cm³/mol. The van der Waals surface area contributed by atoms with Crippen LogP contribution in [0.25, 0.3) is 11.0 Å². The molecular weight excluding hydrogens is 332 g/mol. The summed E-state index contributed by atoms with van der Waals surface area (Å²) in [4.78, 5) is 28.6. The third kappa shape index (κ3) is 3.77. The Hall–Kier alpha value is -3.09. The van der Waals surface area contributed by atoms with Crippen molar-refractivity contribution in [2.45, 2.75) is 32.7 Å². The molecule has 0 saturated heterocycles. The normalized spacial score (nSPS) is 11.5. The molecule has 7 heteroatoms. The summed E-state index contributed by atoms with van der Waals surface area (Å²) in [5.41, 5.74) is 1.54. The Morgan fingerprint density at radius 3 is 2.62 bits per heavy atom. The zero-order valence-electron chi connectivity index (χ0n) is 15.1. The van der Waals surface area contributed by atoms with E-state index in [2.05, 4.69) is 36.4 Å². The molecule has 1 aromatic carbocycles. The van der Waals surface area contributed by atoms with Crippen molar-refractivity contribution in [3.8, 4) is 0 Å². The van der Waals surface area contributed by atoms with Gasteiger partial charge >= 0.3 is 0 Å². The van der Waals surface area contributed by atoms with E-state index in [9.17, 15) is 9.59 Å². The number of benzene rings is 1. The first-order valence-electron chi connectivity index (χ1n) is 8.46. The molecule has 0 bridgehead atoms. The van der Waals surface area contributed by atoms with Crippen LogP contribution < -0.4 is 10.6 Å². The molecule has 0 aliphatic carbocycles. The van der Waals surface area contributed by atoms with Gasteiger partial charge in [0, 0.05) is 18.5 Å². The fourth-order valence-electron chi connectivity index (χ4n) is 2.76. The maximum absolute atomic E-state index is 12.3. The zero-order chi connectivity index (χ0) is 18.7. The Morgan fingerprint density at radius 2 is 1.92 bits per heavy atom. The van der Waals surface area contributed by atoms with Crippen LogP contribution in [-0.4, -0.2) is 27.9 Å². The molecule has 2 amide bonds. The average molecular weight is 354 g/mol. The molecule has 3 aromatic rings. The molecule has 0 radical (unpaired) electrons. The maximum atomic E-state index is 12.3. The smallest absolute Gasteiger partial charge is 0.286 e. The van der Waals surface area contributed by atoms with Gasteiger partial charge in [0.05, 0.1) is 17.3 Å². The number of hydrogen-bond acceptors (Lipinski definition) is 4. The van der Waals surface area contributed by atoms with Gasteiger partial charge in [-0.3, -0.25) is 14.9 Å². The van der Waals surface area contributed by atoms with E-state index < -0.39 is 0 Å². The van der Waals surface area contributed by atoms with Gasteiger partial charge in [0.25, 0.3) is 5.91 Å². The Morgan fingerprint density at radius 1 is 1.15 bits per heavy atom. The van der Waals surface area contributed by atoms with E-state index >= 15 is 0 Å². The molecule has 3 rings (SSSR count). The number of hydrogen-bond donors (Lipinski definition) is 2. The Balaban J connectivity index is 1.67. The van der Waals surface area contributed by atoms with Gasteiger partial charge in [0.2, 0.25) is 11.9 Å². The highest BCUT2D eigenvalue weighted by molar-refractivity contribution is 5.93. The summed E-state index contributed by atoms with van der Waals surface area (Å²) in [6.45, 7) is 6.38. The van der Waals surface area contributed by atoms with Crippen LogP contribution >= 0.6 is 0 Å². The number of imidazole rings is 1. The van der Waals surface area contributed by atoms with E-state index in [-0.39, 0.29) is 36.1 Å². The van der Waals surface area contributed by atoms with E-state index in [4.69, 9.17) is 4.42 Å². The van der Waals surface area contributed by atoms with Crippen molar-refractivity contribution in [3.05, 3.63) is 48.4 Å². The largest absolute Gasteiger partial charge is 0.459 e. The minimum absolute atomic E-state index is 0.139.